The molecule has 1 amide bonds. The molecule has 35 heavy (non-hydrogen) atoms. The molecule has 0 bridgehead atoms. The van der Waals surface area contributed by atoms with E-state index in [0.717, 1.165) is 18.4 Å². The number of halogens is 2. The van der Waals surface area contributed by atoms with Crippen LogP contribution in [-0.2, 0) is 4.79 Å². The number of aryl methyl sites for hydroxylation is 1. The third kappa shape index (κ3) is 3.34. The lowest BCUT2D eigenvalue weighted by atomic mass is 10.0. The van der Waals surface area contributed by atoms with E-state index in [1.165, 1.54) is 16.8 Å². The maximum absolute atomic E-state index is 16.0. The molecule has 3 aromatic carbocycles. The summed E-state index contributed by atoms with van der Waals surface area (Å²) in [5, 5.41) is 12.7. The summed E-state index contributed by atoms with van der Waals surface area (Å²) in [6, 6.07) is 13.2. The number of aromatic nitrogens is 4. The number of amides is 1. The Labute approximate surface area is 199 Å². The fourth-order valence-electron chi connectivity index (χ4n) is 4.84. The number of H-pyrrole nitrogens is 1. The lowest BCUT2D eigenvalue weighted by molar-refractivity contribution is -0.119. The number of benzene rings is 3. The van der Waals surface area contributed by atoms with Gasteiger partial charge in [0.1, 0.15) is 11.3 Å². The van der Waals surface area contributed by atoms with Crippen LogP contribution in [0.15, 0.2) is 48.5 Å². The molecule has 0 spiro atoms. The normalized spacial score (nSPS) is 14.4. The van der Waals surface area contributed by atoms with Crippen LogP contribution in [0.5, 0.6) is 0 Å². The Morgan fingerprint density at radius 3 is 2.57 bits per heavy atom. The average molecular weight is 472 g/mol. The van der Waals surface area contributed by atoms with E-state index < -0.39 is 11.6 Å². The van der Waals surface area contributed by atoms with E-state index in [2.05, 4.69) is 15.3 Å². The first kappa shape index (κ1) is 21.3. The van der Waals surface area contributed by atoms with Crippen molar-refractivity contribution in [2.24, 2.45) is 0 Å². The number of nitrogen functional groups attached to an aromatic ring is 1. The van der Waals surface area contributed by atoms with Gasteiger partial charge in [-0.1, -0.05) is 12.1 Å². The molecule has 7 nitrogen and oxygen atoms in total. The van der Waals surface area contributed by atoms with Gasteiger partial charge < -0.3 is 10.6 Å². The van der Waals surface area contributed by atoms with E-state index in [0.29, 0.717) is 46.6 Å². The standard InChI is InChI=1S/C26H22F2N6O/c1-14-17-8-9-19(18-7-5-15(13-21(18)27)33-11-3-2-4-23(33)35)24(28)25(17)34(32-14)16-6-10-22-20(12-16)26(29)31-30-22/h5-10,12-13H,2-4,11H2,1H3,(H3,29,30,31). The van der Waals surface area contributed by atoms with Crippen molar-refractivity contribution in [3.63, 3.8) is 0 Å². The number of nitrogens with two attached hydrogens (primary N) is 1. The quantitative estimate of drug-likeness (QED) is 0.375. The van der Waals surface area contributed by atoms with Gasteiger partial charge in [-0.05, 0) is 56.2 Å². The summed E-state index contributed by atoms with van der Waals surface area (Å²) in [4.78, 5) is 13.8. The summed E-state index contributed by atoms with van der Waals surface area (Å²) in [6.07, 6.45) is 2.17. The second-order valence-electron chi connectivity index (χ2n) is 8.83. The summed E-state index contributed by atoms with van der Waals surface area (Å²) in [5.41, 5.74) is 8.94. The first-order valence-electron chi connectivity index (χ1n) is 11.4. The molecule has 0 unspecified atom stereocenters. The van der Waals surface area contributed by atoms with Crippen molar-refractivity contribution in [3.05, 3.63) is 65.9 Å². The van der Waals surface area contributed by atoms with Crippen molar-refractivity contribution in [2.45, 2.75) is 26.2 Å². The lowest BCUT2D eigenvalue weighted by Gasteiger charge is -2.27. The molecule has 3 heterocycles. The summed E-state index contributed by atoms with van der Waals surface area (Å²) in [6.45, 7) is 2.36. The highest BCUT2D eigenvalue weighted by atomic mass is 19.1. The van der Waals surface area contributed by atoms with Crippen LogP contribution in [0.4, 0.5) is 20.3 Å². The van der Waals surface area contributed by atoms with Gasteiger partial charge in [-0.2, -0.15) is 10.2 Å². The second-order valence-corrected chi connectivity index (χ2v) is 8.83. The van der Waals surface area contributed by atoms with Gasteiger partial charge in [0, 0.05) is 40.6 Å². The van der Waals surface area contributed by atoms with E-state index in [9.17, 15) is 4.79 Å². The SMILES string of the molecule is Cc1nn(-c2ccc3[nH]nc(N)c3c2)c2c(F)c(-c3ccc(N4CCCCC4=O)cc3F)ccc12. The van der Waals surface area contributed by atoms with Gasteiger partial charge in [-0.3, -0.25) is 9.89 Å². The number of piperidine rings is 1. The zero-order valence-electron chi connectivity index (χ0n) is 19.0. The van der Waals surface area contributed by atoms with E-state index in [1.807, 2.05) is 0 Å². The highest BCUT2D eigenvalue weighted by molar-refractivity contribution is 5.95. The van der Waals surface area contributed by atoms with Crippen LogP contribution < -0.4 is 10.6 Å². The van der Waals surface area contributed by atoms with E-state index in [1.54, 1.807) is 48.2 Å². The molecule has 176 valence electrons. The molecule has 1 aliphatic heterocycles. The molecule has 1 fully saturated rings. The number of carbonyl (C=O) groups is 1. The highest BCUT2D eigenvalue weighted by Crippen LogP contribution is 2.35. The number of carbonyl (C=O) groups excluding carboxylic acids is 1. The molecule has 0 saturated carbocycles. The molecule has 2 aromatic heterocycles. The summed E-state index contributed by atoms with van der Waals surface area (Å²) in [5.74, 6) is -0.852. The van der Waals surface area contributed by atoms with Crippen LogP contribution in [0.25, 0.3) is 38.6 Å². The van der Waals surface area contributed by atoms with Crippen molar-refractivity contribution in [2.75, 3.05) is 17.2 Å². The number of anilines is 2. The molecule has 1 aliphatic rings. The molecule has 9 heteroatoms. The van der Waals surface area contributed by atoms with Gasteiger partial charge in [-0.25, -0.2) is 13.5 Å². The Morgan fingerprint density at radius 2 is 1.77 bits per heavy atom. The number of nitrogens with zero attached hydrogens (tertiary/aromatic N) is 4. The van der Waals surface area contributed by atoms with E-state index >= 15 is 8.78 Å². The van der Waals surface area contributed by atoms with Crippen LogP contribution >= 0.6 is 0 Å². The molecule has 5 aromatic rings. The number of rotatable bonds is 3. The van der Waals surface area contributed by atoms with Gasteiger partial charge in [0.2, 0.25) is 5.91 Å². The zero-order chi connectivity index (χ0) is 24.3. The van der Waals surface area contributed by atoms with E-state index in [-0.39, 0.29) is 22.6 Å². The fraction of sp³-hybridized carbons (Fsp3) is 0.192. The van der Waals surface area contributed by atoms with Crippen LogP contribution in [-0.4, -0.2) is 32.4 Å². The van der Waals surface area contributed by atoms with Gasteiger partial charge >= 0.3 is 0 Å². The monoisotopic (exact) mass is 472 g/mol. The molecular formula is C26H22F2N6O. The molecule has 6 rings (SSSR count). The maximum Gasteiger partial charge on any atom is 0.226 e. The minimum absolute atomic E-state index is 0.0226. The maximum atomic E-state index is 16.0. The zero-order valence-corrected chi connectivity index (χ0v) is 19.0. The van der Waals surface area contributed by atoms with Crippen LogP contribution in [0.1, 0.15) is 25.0 Å². The summed E-state index contributed by atoms with van der Waals surface area (Å²) >= 11 is 0. The van der Waals surface area contributed by atoms with Crippen LogP contribution in [0.2, 0.25) is 0 Å². The fourth-order valence-corrected chi connectivity index (χ4v) is 4.84. The lowest BCUT2D eigenvalue weighted by Crippen LogP contribution is -2.35. The Kier molecular flexibility index (Phi) is 4.80. The number of nitrogens with one attached hydrogen (secondary N) is 1. The van der Waals surface area contributed by atoms with Crippen molar-refractivity contribution >= 4 is 39.2 Å². The third-order valence-corrected chi connectivity index (χ3v) is 6.67. The first-order valence-corrected chi connectivity index (χ1v) is 11.4. The third-order valence-electron chi connectivity index (χ3n) is 6.67. The highest BCUT2D eigenvalue weighted by Gasteiger charge is 2.23. The average Bonchev–Trinajstić information content (AvgIpc) is 3.40. The van der Waals surface area contributed by atoms with Gasteiger partial charge in [-0.15, -0.1) is 0 Å². The Morgan fingerprint density at radius 1 is 0.971 bits per heavy atom. The largest absolute Gasteiger partial charge is 0.382 e. The minimum atomic E-state index is -0.588. The number of fused-ring (bicyclic) bond motifs is 2. The molecule has 1 saturated heterocycles. The predicted octanol–water partition coefficient (Wildman–Crippen LogP) is 5.25. The smallest absolute Gasteiger partial charge is 0.226 e. The Hall–Kier alpha value is -4.27. The molecular weight excluding hydrogens is 450 g/mol. The van der Waals surface area contributed by atoms with Gasteiger partial charge in [0.15, 0.2) is 11.6 Å². The first-order chi connectivity index (χ1) is 16.9. The van der Waals surface area contributed by atoms with E-state index in [4.69, 9.17) is 5.73 Å². The van der Waals surface area contributed by atoms with Crippen molar-refractivity contribution < 1.29 is 13.6 Å². The second kappa shape index (κ2) is 7.90. The van der Waals surface area contributed by atoms with Crippen LogP contribution in [0, 0.1) is 18.6 Å². The number of hydrogen-bond donors (Lipinski definition) is 2. The molecule has 0 aliphatic carbocycles. The molecule has 3 N–H and O–H groups in total. The molecule has 0 radical (unpaired) electrons. The Balaban J connectivity index is 1.48. The Bertz CT molecular complexity index is 1640. The topological polar surface area (TPSA) is 92.8 Å². The van der Waals surface area contributed by atoms with Crippen LogP contribution in [0.3, 0.4) is 0 Å². The minimum Gasteiger partial charge on any atom is -0.382 e. The van der Waals surface area contributed by atoms with Gasteiger partial charge in [0.25, 0.3) is 0 Å². The van der Waals surface area contributed by atoms with Gasteiger partial charge in [0.05, 0.1) is 16.9 Å². The number of aromatic amines is 1. The summed E-state index contributed by atoms with van der Waals surface area (Å²) in [7, 11) is 0. The summed E-state index contributed by atoms with van der Waals surface area (Å²) < 4.78 is 32.8. The van der Waals surface area contributed by atoms with Crippen molar-refractivity contribution in [3.8, 4) is 16.8 Å². The van der Waals surface area contributed by atoms with Crippen molar-refractivity contribution in [1.29, 1.82) is 0 Å². The predicted molar refractivity (Wildman–Crippen MR) is 131 cm³/mol. The van der Waals surface area contributed by atoms with Crippen molar-refractivity contribution in [1.82, 2.24) is 20.0 Å². The molecule has 0 atom stereocenters. The number of hydrogen-bond acceptors (Lipinski definition) is 4.